The van der Waals surface area contributed by atoms with Crippen LogP contribution in [0, 0.1) is 5.82 Å². The molecular weight excluding hydrogens is 252 g/mol. The molecule has 6 heteroatoms. The summed E-state index contributed by atoms with van der Waals surface area (Å²) in [6.07, 6.45) is 3.25. The van der Waals surface area contributed by atoms with E-state index in [1.807, 2.05) is 0 Å². The third kappa shape index (κ3) is 2.87. The van der Waals surface area contributed by atoms with Crippen molar-refractivity contribution >= 4 is 29.7 Å². The van der Waals surface area contributed by atoms with Crippen molar-refractivity contribution in [2.45, 2.75) is 6.54 Å². The summed E-state index contributed by atoms with van der Waals surface area (Å²) < 4.78 is 14.4. The number of nitrogens with two attached hydrogens (primary N) is 1. The van der Waals surface area contributed by atoms with Crippen molar-refractivity contribution in [3.8, 4) is 0 Å². The molecule has 0 unspecified atom stereocenters. The van der Waals surface area contributed by atoms with Crippen LogP contribution in [0.2, 0.25) is 5.02 Å². The van der Waals surface area contributed by atoms with E-state index in [0.29, 0.717) is 17.3 Å². The quantitative estimate of drug-likeness (QED) is 0.904. The zero-order chi connectivity index (χ0) is 10.8. The first-order valence-corrected chi connectivity index (χ1v) is 4.75. The molecule has 16 heavy (non-hydrogen) atoms. The van der Waals surface area contributed by atoms with Gasteiger partial charge in [0.15, 0.2) is 0 Å². The van der Waals surface area contributed by atoms with Crippen LogP contribution in [-0.4, -0.2) is 9.78 Å². The maximum absolute atomic E-state index is 12.8. The molecule has 0 amide bonds. The molecule has 2 rings (SSSR count). The van der Waals surface area contributed by atoms with Crippen LogP contribution in [0.5, 0.6) is 0 Å². The fraction of sp³-hybridized carbons (Fsp3) is 0.100. The fourth-order valence-corrected chi connectivity index (χ4v) is 1.52. The van der Waals surface area contributed by atoms with Gasteiger partial charge in [-0.25, -0.2) is 4.39 Å². The predicted octanol–water partition coefficient (Wildman–Crippen LogP) is 2.73. The average molecular weight is 262 g/mol. The van der Waals surface area contributed by atoms with Crippen molar-refractivity contribution < 1.29 is 4.39 Å². The second-order valence-electron chi connectivity index (χ2n) is 3.21. The van der Waals surface area contributed by atoms with E-state index in [2.05, 4.69) is 5.10 Å². The summed E-state index contributed by atoms with van der Waals surface area (Å²) in [4.78, 5) is 0. The van der Waals surface area contributed by atoms with Gasteiger partial charge in [-0.2, -0.15) is 5.10 Å². The van der Waals surface area contributed by atoms with Gasteiger partial charge in [0.1, 0.15) is 5.82 Å². The second kappa shape index (κ2) is 5.18. The van der Waals surface area contributed by atoms with Crippen LogP contribution < -0.4 is 5.73 Å². The molecule has 0 bridgehead atoms. The number of aromatic nitrogens is 2. The van der Waals surface area contributed by atoms with Crippen LogP contribution in [0.25, 0.3) is 0 Å². The number of benzene rings is 1. The average Bonchev–Trinajstić information content (AvgIpc) is 2.56. The number of halogens is 3. The SMILES string of the molecule is Cl.Nc1cnn(Cc2ccc(F)cc2Cl)c1. The van der Waals surface area contributed by atoms with Crippen molar-refractivity contribution in [3.63, 3.8) is 0 Å². The lowest BCUT2D eigenvalue weighted by Gasteiger charge is -2.04. The summed E-state index contributed by atoms with van der Waals surface area (Å²) in [5.41, 5.74) is 6.92. The Morgan fingerprint density at radius 1 is 1.44 bits per heavy atom. The van der Waals surface area contributed by atoms with Crippen molar-refractivity contribution in [1.29, 1.82) is 0 Å². The summed E-state index contributed by atoms with van der Waals surface area (Å²) in [6, 6.07) is 4.29. The second-order valence-corrected chi connectivity index (χ2v) is 3.61. The van der Waals surface area contributed by atoms with Crippen molar-refractivity contribution in [1.82, 2.24) is 9.78 Å². The first-order chi connectivity index (χ1) is 7.15. The van der Waals surface area contributed by atoms with Gasteiger partial charge in [-0.15, -0.1) is 12.4 Å². The number of hydrogen-bond donors (Lipinski definition) is 1. The van der Waals surface area contributed by atoms with Gasteiger partial charge in [-0.05, 0) is 17.7 Å². The van der Waals surface area contributed by atoms with Crippen LogP contribution in [0.15, 0.2) is 30.6 Å². The standard InChI is InChI=1S/C10H9ClFN3.ClH/c11-10-3-8(12)2-1-7(10)5-15-6-9(13)4-14-15;/h1-4,6H,5,13H2;1H. The third-order valence-corrected chi connectivity index (χ3v) is 2.35. The van der Waals surface area contributed by atoms with Crippen molar-refractivity contribution in [2.75, 3.05) is 5.73 Å². The van der Waals surface area contributed by atoms with E-state index in [0.717, 1.165) is 5.56 Å². The maximum Gasteiger partial charge on any atom is 0.124 e. The number of nitrogen functional groups attached to an aromatic ring is 1. The number of nitrogens with zero attached hydrogens (tertiary/aromatic N) is 2. The minimum absolute atomic E-state index is 0. The highest BCUT2D eigenvalue weighted by molar-refractivity contribution is 6.31. The Hall–Kier alpha value is -1.26. The molecule has 1 heterocycles. The summed E-state index contributed by atoms with van der Waals surface area (Å²) in [5, 5.41) is 4.41. The van der Waals surface area contributed by atoms with E-state index in [-0.39, 0.29) is 18.2 Å². The Balaban J connectivity index is 0.00000128. The molecular formula is C10H10Cl2FN3. The Kier molecular flexibility index (Phi) is 4.15. The van der Waals surface area contributed by atoms with E-state index in [1.165, 1.54) is 12.1 Å². The molecule has 0 fully saturated rings. The molecule has 2 aromatic rings. The summed E-state index contributed by atoms with van der Waals surface area (Å²) in [7, 11) is 0. The van der Waals surface area contributed by atoms with Gasteiger partial charge in [0.2, 0.25) is 0 Å². The molecule has 0 saturated heterocycles. The molecule has 1 aromatic carbocycles. The van der Waals surface area contributed by atoms with Crippen molar-refractivity contribution in [3.05, 3.63) is 47.0 Å². The summed E-state index contributed by atoms with van der Waals surface area (Å²) in [5.74, 6) is -0.344. The highest BCUT2D eigenvalue weighted by Crippen LogP contribution is 2.18. The molecule has 86 valence electrons. The highest BCUT2D eigenvalue weighted by Gasteiger charge is 2.03. The Morgan fingerprint density at radius 3 is 2.75 bits per heavy atom. The van der Waals surface area contributed by atoms with E-state index >= 15 is 0 Å². The lowest BCUT2D eigenvalue weighted by atomic mass is 10.2. The molecule has 0 radical (unpaired) electrons. The van der Waals surface area contributed by atoms with Crippen LogP contribution >= 0.6 is 24.0 Å². The van der Waals surface area contributed by atoms with E-state index in [4.69, 9.17) is 17.3 Å². The van der Waals surface area contributed by atoms with Gasteiger partial charge >= 0.3 is 0 Å². The van der Waals surface area contributed by atoms with Gasteiger partial charge in [0.25, 0.3) is 0 Å². The minimum atomic E-state index is -0.344. The van der Waals surface area contributed by atoms with Crippen molar-refractivity contribution in [2.24, 2.45) is 0 Å². The maximum atomic E-state index is 12.8. The lowest BCUT2D eigenvalue weighted by Crippen LogP contribution is -2.00. The van der Waals surface area contributed by atoms with Gasteiger partial charge < -0.3 is 5.73 Å². The molecule has 3 nitrogen and oxygen atoms in total. The van der Waals surface area contributed by atoms with E-state index in [9.17, 15) is 4.39 Å². The normalized spacial score (nSPS) is 9.88. The fourth-order valence-electron chi connectivity index (χ4n) is 1.29. The zero-order valence-electron chi connectivity index (χ0n) is 8.23. The van der Waals surface area contributed by atoms with Gasteiger partial charge in [0, 0.05) is 11.2 Å². The van der Waals surface area contributed by atoms with Gasteiger partial charge in [0.05, 0.1) is 18.4 Å². The third-order valence-electron chi connectivity index (χ3n) is 2.00. The van der Waals surface area contributed by atoms with Crippen LogP contribution in [0.1, 0.15) is 5.56 Å². The topological polar surface area (TPSA) is 43.8 Å². The lowest BCUT2D eigenvalue weighted by molar-refractivity contribution is 0.624. The van der Waals surface area contributed by atoms with Crippen LogP contribution in [0.4, 0.5) is 10.1 Å². The van der Waals surface area contributed by atoms with E-state index in [1.54, 1.807) is 23.1 Å². The van der Waals surface area contributed by atoms with E-state index < -0.39 is 0 Å². The first kappa shape index (κ1) is 12.8. The molecule has 0 aliphatic carbocycles. The summed E-state index contributed by atoms with van der Waals surface area (Å²) >= 11 is 5.87. The molecule has 2 N–H and O–H groups in total. The smallest absolute Gasteiger partial charge is 0.124 e. The molecule has 0 aliphatic heterocycles. The molecule has 0 saturated carbocycles. The van der Waals surface area contributed by atoms with Gasteiger partial charge in [-0.3, -0.25) is 4.68 Å². The zero-order valence-corrected chi connectivity index (χ0v) is 9.80. The molecule has 1 aromatic heterocycles. The Labute approximate surface area is 103 Å². The predicted molar refractivity (Wildman–Crippen MR) is 64.4 cm³/mol. The Morgan fingerprint density at radius 2 is 2.19 bits per heavy atom. The molecule has 0 atom stereocenters. The molecule has 0 aliphatic rings. The number of anilines is 1. The Bertz CT molecular complexity index is 485. The number of hydrogen-bond acceptors (Lipinski definition) is 2. The largest absolute Gasteiger partial charge is 0.396 e. The van der Waals surface area contributed by atoms with Gasteiger partial charge in [-0.1, -0.05) is 17.7 Å². The first-order valence-electron chi connectivity index (χ1n) is 4.37. The number of rotatable bonds is 2. The van der Waals surface area contributed by atoms with Crippen LogP contribution in [0.3, 0.4) is 0 Å². The minimum Gasteiger partial charge on any atom is -0.396 e. The highest BCUT2D eigenvalue weighted by atomic mass is 35.5. The molecule has 0 spiro atoms. The monoisotopic (exact) mass is 261 g/mol. The summed E-state index contributed by atoms with van der Waals surface area (Å²) in [6.45, 7) is 0.482. The van der Waals surface area contributed by atoms with Crippen LogP contribution in [-0.2, 0) is 6.54 Å².